The zero-order valence-corrected chi connectivity index (χ0v) is 12.5. The Morgan fingerprint density at radius 2 is 2.11 bits per heavy atom. The molecule has 1 rings (SSSR count). The Balaban J connectivity index is 2.37. The first-order valence-corrected chi connectivity index (χ1v) is 7.54. The summed E-state index contributed by atoms with van der Waals surface area (Å²) in [6.45, 7) is 2.04. The number of nitrogens with one attached hydrogen (secondary N) is 1. The average molecular weight is 304 g/mol. The summed E-state index contributed by atoms with van der Waals surface area (Å²) in [5.74, 6) is 0. The molecule has 2 atom stereocenters. The summed E-state index contributed by atoms with van der Waals surface area (Å²) in [5.41, 5.74) is 0.871. The minimum absolute atomic E-state index is 0.0137. The van der Waals surface area contributed by atoms with Crippen LogP contribution < -0.4 is 5.32 Å². The zero-order chi connectivity index (χ0) is 14.3. The summed E-state index contributed by atoms with van der Waals surface area (Å²) < 4.78 is 5.09. The number of rotatable bonds is 6. The third-order valence-corrected chi connectivity index (χ3v) is 4.08. The molecule has 19 heavy (non-hydrogen) atoms. The Hall–Kier alpha value is -0.910. The van der Waals surface area contributed by atoms with Crippen LogP contribution in [0.5, 0.6) is 0 Å². The number of hydrogen-bond acceptors (Lipinski definition) is 4. The number of carbonyl (C=O) groups excluding carboxylic acids is 1. The molecule has 2 unspecified atom stereocenters. The van der Waals surface area contributed by atoms with Crippen LogP contribution in [0.3, 0.4) is 0 Å². The number of thioether (sulfide) groups is 1. The van der Waals surface area contributed by atoms with Crippen molar-refractivity contribution in [3.63, 3.8) is 0 Å². The number of carbonyl (C=O) groups is 1. The van der Waals surface area contributed by atoms with E-state index in [2.05, 4.69) is 5.32 Å². The molecule has 0 heterocycles. The minimum Gasteiger partial charge on any atom is -0.445 e. The van der Waals surface area contributed by atoms with Crippen LogP contribution in [-0.4, -0.2) is 35.4 Å². The predicted molar refractivity (Wildman–Crippen MR) is 78.6 cm³/mol. The highest BCUT2D eigenvalue weighted by atomic mass is 35.5. The highest BCUT2D eigenvalue weighted by Crippen LogP contribution is 2.12. The number of aliphatic hydroxyl groups excluding tert-OH is 1. The van der Waals surface area contributed by atoms with Gasteiger partial charge in [-0.15, -0.1) is 0 Å². The first-order chi connectivity index (χ1) is 9.06. The SMILES string of the molecule is CSC(CO)C(C)NC(=O)OCc1ccc(Cl)cc1. The van der Waals surface area contributed by atoms with E-state index in [-0.39, 0.29) is 24.5 Å². The second-order valence-corrected chi connectivity index (χ2v) is 5.61. The molecule has 0 aliphatic heterocycles. The van der Waals surface area contributed by atoms with Gasteiger partial charge in [0.15, 0.2) is 0 Å². The highest BCUT2D eigenvalue weighted by Gasteiger charge is 2.17. The lowest BCUT2D eigenvalue weighted by Gasteiger charge is -2.20. The van der Waals surface area contributed by atoms with E-state index in [1.54, 1.807) is 24.3 Å². The summed E-state index contributed by atoms with van der Waals surface area (Å²) in [6, 6.07) is 6.94. The average Bonchev–Trinajstić information content (AvgIpc) is 2.39. The van der Waals surface area contributed by atoms with E-state index in [1.165, 1.54) is 11.8 Å². The van der Waals surface area contributed by atoms with Crippen LogP contribution in [0.1, 0.15) is 12.5 Å². The Kier molecular flexibility index (Phi) is 7.05. The van der Waals surface area contributed by atoms with Gasteiger partial charge in [-0.25, -0.2) is 4.79 Å². The molecule has 0 bridgehead atoms. The second-order valence-electron chi connectivity index (χ2n) is 4.09. The fraction of sp³-hybridized carbons (Fsp3) is 0.462. The lowest BCUT2D eigenvalue weighted by atomic mass is 10.2. The van der Waals surface area contributed by atoms with Gasteiger partial charge in [0.05, 0.1) is 6.61 Å². The van der Waals surface area contributed by atoms with E-state index in [1.807, 2.05) is 13.2 Å². The summed E-state index contributed by atoms with van der Waals surface area (Å²) in [4.78, 5) is 11.6. The van der Waals surface area contributed by atoms with Crippen LogP contribution in [0.2, 0.25) is 5.02 Å². The molecule has 0 radical (unpaired) electrons. The van der Waals surface area contributed by atoms with E-state index in [4.69, 9.17) is 21.4 Å². The first kappa shape index (κ1) is 16.1. The van der Waals surface area contributed by atoms with E-state index >= 15 is 0 Å². The summed E-state index contributed by atoms with van der Waals surface area (Å²) in [5, 5.41) is 12.4. The zero-order valence-electron chi connectivity index (χ0n) is 10.9. The Morgan fingerprint density at radius 3 is 2.63 bits per heavy atom. The van der Waals surface area contributed by atoms with Crippen molar-refractivity contribution in [2.75, 3.05) is 12.9 Å². The predicted octanol–water partition coefficient (Wildman–Crippen LogP) is 2.68. The van der Waals surface area contributed by atoms with Gasteiger partial charge in [-0.2, -0.15) is 11.8 Å². The van der Waals surface area contributed by atoms with Gasteiger partial charge >= 0.3 is 6.09 Å². The monoisotopic (exact) mass is 303 g/mol. The molecule has 0 spiro atoms. The first-order valence-electron chi connectivity index (χ1n) is 5.88. The highest BCUT2D eigenvalue weighted by molar-refractivity contribution is 7.99. The molecule has 0 saturated heterocycles. The lowest BCUT2D eigenvalue weighted by molar-refractivity contribution is 0.135. The Bertz CT molecular complexity index is 395. The van der Waals surface area contributed by atoms with Crippen molar-refractivity contribution in [2.45, 2.75) is 24.8 Å². The number of benzene rings is 1. The number of hydrogen-bond donors (Lipinski definition) is 2. The van der Waals surface area contributed by atoms with Crippen LogP contribution in [-0.2, 0) is 11.3 Å². The van der Waals surface area contributed by atoms with Crippen molar-refractivity contribution in [3.05, 3.63) is 34.9 Å². The molecule has 4 nitrogen and oxygen atoms in total. The summed E-state index contributed by atoms with van der Waals surface area (Å²) in [7, 11) is 0. The number of alkyl carbamates (subject to hydrolysis) is 1. The molecule has 2 N–H and O–H groups in total. The smallest absolute Gasteiger partial charge is 0.407 e. The normalized spacial score (nSPS) is 13.7. The van der Waals surface area contributed by atoms with Crippen molar-refractivity contribution in [1.29, 1.82) is 0 Å². The van der Waals surface area contributed by atoms with Crippen LogP contribution in [0.25, 0.3) is 0 Å². The van der Waals surface area contributed by atoms with Crippen molar-refractivity contribution in [3.8, 4) is 0 Å². The molecule has 0 aliphatic rings. The van der Waals surface area contributed by atoms with Gasteiger partial charge < -0.3 is 15.2 Å². The molecule has 106 valence electrons. The van der Waals surface area contributed by atoms with Gasteiger partial charge in [0.1, 0.15) is 6.61 Å². The van der Waals surface area contributed by atoms with Crippen LogP contribution in [0.15, 0.2) is 24.3 Å². The quantitative estimate of drug-likeness (QED) is 0.848. The lowest BCUT2D eigenvalue weighted by Crippen LogP contribution is -2.41. The molecular weight excluding hydrogens is 286 g/mol. The maximum absolute atomic E-state index is 11.6. The number of amides is 1. The molecule has 6 heteroatoms. The second kappa shape index (κ2) is 8.30. The summed E-state index contributed by atoms with van der Waals surface area (Å²) >= 11 is 7.27. The van der Waals surface area contributed by atoms with E-state index < -0.39 is 6.09 Å². The van der Waals surface area contributed by atoms with E-state index in [0.717, 1.165) is 5.56 Å². The standard InChI is InChI=1S/C13H18ClNO3S/c1-9(12(7-16)19-2)15-13(17)18-8-10-3-5-11(14)6-4-10/h3-6,9,12,16H,7-8H2,1-2H3,(H,15,17). The van der Waals surface area contributed by atoms with Gasteiger partial charge in [-0.05, 0) is 30.9 Å². The fourth-order valence-corrected chi connectivity index (χ4v) is 2.24. The third-order valence-electron chi connectivity index (χ3n) is 2.67. The van der Waals surface area contributed by atoms with Gasteiger partial charge in [-0.3, -0.25) is 0 Å². The third kappa shape index (κ3) is 5.72. The molecular formula is C13H18ClNO3S. The number of halogens is 1. The van der Waals surface area contributed by atoms with Crippen molar-refractivity contribution in [1.82, 2.24) is 5.32 Å². The Labute approximate surface area is 122 Å². The van der Waals surface area contributed by atoms with Crippen LogP contribution >= 0.6 is 23.4 Å². The van der Waals surface area contributed by atoms with Gasteiger partial charge in [0.25, 0.3) is 0 Å². The molecule has 0 saturated carbocycles. The Morgan fingerprint density at radius 1 is 1.47 bits per heavy atom. The fourth-order valence-electron chi connectivity index (χ4n) is 1.49. The number of aliphatic hydroxyl groups is 1. The molecule has 0 fully saturated rings. The van der Waals surface area contributed by atoms with Crippen molar-refractivity contribution >= 4 is 29.5 Å². The molecule has 1 aromatic rings. The maximum Gasteiger partial charge on any atom is 0.407 e. The topological polar surface area (TPSA) is 58.6 Å². The largest absolute Gasteiger partial charge is 0.445 e. The van der Waals surface area contributed by atoms with Gasteiger partial charge in [-0.1, -0.05) is 23.7 Å². The molecule has 0 aromatic heterocycles. The van der Waals surface area contributed by atoms with E-state index in [9.17, 15) is 4.79 Å². The van der Waals surface area contributed by atoms with Crippen molar-refractivity contribution < 1.29 is 14.6 Å². The number of ether oxygens (including phenoxy) is 1. The maximum atomic E-state index is 11.6. The van der Waals surface area contributed by atoms with Crippen LogP contribution in [0, 0.1) is 0 Å². The molecule has 1 aromatic carbocycles. The summed E-state index contributed by atoms with van der Waals surface area (Å²) in [6.07, 6.45) is 1.40. The van der Waals surface area contributed by atoms with Gasteiger partial charge in [0.2, 0.25) is 0 Å². The minimum atomic E-state index is -0.491. The molecule has 1 amide bonds. The van der Waals surface area contributed by atoms with Crippen LogP contribution in [0.4, 0.5) is 4.79 Å². The van der Waals surface area contributed by atoms with Gasteiger partial charge in [0, 0.05) is 16.3 Å². The van der Waals surface area contributed by atoms with E-state index in [0.29, 0.717) is 5.02 Å². The van der Waals surface area contributed by atoms with Crippen molar-refractivity contribution in [2.24, 2.45) is 0 Å². The molecule has 0 aliphatic carbocycles.